The number of benzene rings is 3. The molecule has 0 radical (unpaired) electrons. The first-order valence-corrected chi connectivity index (χ1v) is 12.8. The first kappa shape index (κ1) is 22.9. The van der Waals surface area contributed by atoms with E-state index < -0.39 is 17.1 Å². The van der Waals surface area contributed by atoms with E-state index in [4.69, 9.17) is 4.74 Å². The lowest BCUT2D eigenvalue weighted by Gasteiger charge is -2.36. The maximum atomic E-state index is 13.1. The van der Waals surface area contributed by atoms with Crippen LogP contribution in [0.4, 0.5) is 11.4 Å². The lowest BCUT2D eigenvalue weighted by molar-refractivity contribution is 0.0827. The van der Waals surface area contributed by atoms with Crippen LogP contribution in [0.1, 0.15) is 40.8 Å². The summed E-state index contributed by atoms with van der Waals surface area (Å²) in [5.74, 6) is 0.128. The molecule has 1 saturated heterocycles. The number of sulfonamides is 1. The van der Waals surface area contributed by atoms with Crippen molar-refractivity contribution in [1.82, 2.24) is 0 Å². The largest absolute Gasteiger partial charge is 0.488 e. The van der Waals surface area contributed by atoms with Crippen molar-refractivity contribution in [2.45, 2.75) is 37.3 Å². The van der Waals surface area contributed by atoms with Gasteiger partial charge in [0.05, 0.1) is 17.0 Å². The summed E-state index contributed by atoms with van der Waals surface area (Å²) in [6, 6.07) is 17.8. The van der Waals surface area contributed by atoms with Crippen LogP contribution in [0, 0.1) is 19.8 Å². The molecule has 3 aromatic carbocycles. The minimum Gasteiger partial charge on any atom is -0.423 e. The van der Waals surface area contributed by atoms with Gasteiger partial charge in [-0.2, -0.15) is 0 Å². The highest BCUT2D eigenvalue weighted by atomic mass is 32.2. The van der Waals surface area contributed by atoms with E-state index in [9.17, 15) is 18.5 Å². The first-order chi connectivity index (χ1) is 16.2. The van der Waals surface area contributed by atoms with Crippen molar-refractivity contribution in [3.63, 3.8) is 0 Å². The van der Waals surface area contributed by atoms with Crippen LogP contribution in [0.3, 0.4) is 0 Å². The smallest absolute Gasteiger partial charge is 0.423 e. The van der Waals surface area contributed by atoms with E-state index in [1.54, 1.807) is 36.4 Å². The number of hydrogen-bond donors (Lipinski definition) is 4. The van der Waals surface area contributed by atoms with Crippen LogP contribution < -0.4 is 15.5 Å². The number of anilines is 2. The molecule has 0 aliphatic carbocycles. The molecule has 3 atom stereocenters. The molecule has 2 heterocycles. The molecule has 0 bridgehead atoms. The van der Waals surface area contributed by atoms with Gasteiger partial charge < -0.3 is 20.1 Å². The molecule has 3 aromatic rings. The molecule has 5 rings (SSSR count). The van der Waals surface area contributed by atoms with E-state index >= 15 is 0 Å². The predicted octanol–water partition coefficient (Wildman–Crippen LogP) is 3.03. The Hall–Kier alpha value is -2.85. The summed E-state index contributed by atoms with van der Waals surface area (Å²) < 4.78 is 35.0. The molecule has 0 aromatic heterocycles. The standard InChI is InChI=1S/C25H27BN2O5S/c1-15-3-8-19(13-16(15)2)28-34(31,32)20-9-10-23-22(14-20)25-21(11-12-33-25)24(27-23)17-4-6-18(7-5-17)26(29)30/h3-10,13-14,21,24-25,27-30H,11-12H2,1-2H3/t21-,24?,25-/m0/s1. The molecular weight excluding hydrogens is 451 g/mol. The monoisotopic (exact) mass is 478 g/mol. The Morgan fingerprint density at radius 1 is 1.00 bits per heavy atom. The van der Waals surface area contributed by atoms with Gasteiger partial charge >= 0.3 is 7.12 Å². The molecule has 0 spiro atoms. The van der Waals surface area contributed by atoms with Gasteiger partial charge in [-0.25, -0.2) is 8.42 Å². The van der Waals surface area contributed by atoms with E-state index in [1.165, 1.54) is 0 Å². The molecule has 2 aliphatic rings. The molecule has 0 amide bonds. The van der Waals surface area contributed by atoms with Crippen LogP contribution in [0.5, 0.6) is 0 Å². The number of aryl methyl sites for hydroxylation is 2. The van der Waals surface area contributed by atoms with Crippen molar-refractivity contribution in [3.05, 3.63) is 82.9 Å². The van der Waals surface area contributed by atoms with Crippen LogP contribution in [0.25, 0.3) is 0 Å². The number of ether oxygens (including phenoxy) is 1. The van der Waals surface area contributed by atoms with Crippen molar-refractivity contribution in [1.29, 1.82) is 0 Å². The molecule has 9 heteroatoms. The molecular formula is C25H27BN2O5S. The summed E-state index contributed by atoms with van der Waals surface area (Å²) in [7, 11) is -5.27. The summed E-state index contributed by atoms with van der Waals surface area (Å²) >= 11 is 0. The third-order valence-electron chi connectivity index (χ3n) is 6.87. The minimum absolute atomic E-state index is 0.0269. The maximum absolute atomic E-state index is 13.1. The lowest BCUT2D eigenvalue weighted by atomic mass is 9.77. The lowest BCUT2D eigenvalue weighted by Crippen LogP contribution is -2.32. The van der Waals surface area contributed by atoms with E-state index in [0.29, 0.717) is 17.8 Å². The predicted molar refractivity (Wildman–Crippen MR) is 133 cm³/mol. The number of fused-ring (bicyclic) bond motifs is 3. The zero-order valence-corrected chi connectivity index (χ0v) is 19.8. The molecule has 2 aliphatic heterocycles. The minimum atomic E-state index is -3.76. The fourth-order valence-corrected chi connectivity index (χ4v) is 5.93. The second-order valence-electron chi connectivity index (χ2n) is 9.06. The molecule has 7 nitrogen and oxygen atoms in total. The van der Waals surface area contributed by atoms with Gasteiger partial charge in [-0.1, -0.05) is 30.3 Å². The fraction of sp³-hybridized carbons (Fsp3) is 0.280. The number of nitrogens with one attached hydrogen (secondary N) is 2. The number of hydrogen-bond acceptors (Lipinski definition) is 6. The van der Waals surface area contributed by atoms with E-state index in [0.717, 1.165) is 34.4 Å². The van der Waals surface area contributed by atoms with E-state index in [-0.39, 0.29) is 23.0 Å². The summed E-state index contributed by atoms with van der Waals surface area (Å²) in [6.45, 7) is 4.53. The average molecular weight is 478 g/mol. The Morgan fingerprint density at radius 2 is 1.76 bits per heavy atom. The molecule has 1 unspecified atom stereocenters. The molecule has 4 N–H and O–H groups in total. The van der Waals surface area contributed by atoms with Crippen LogP contribution in [0.2, 0.25) is 0 Å². The highest BCUT2D eigenvalue weighted by molar-refractivity contribution is 7.92. The van der Waals surface area contributed by atoms with Crippen LogP contribution in [-0.2, 0) is 14.8 Å². The van der Waals surface area contributed by atoms with Crippen molar-refractivity contribution in [2.24, 2.45) is 5.92 Å². The van der Waals surface area contributed by atoms with Gasteiger partial charge in [-0.15, -0.1) is 0 Å². The van der Waals surface area contributed by atoms with Gasteiger partial charge in [0.1, 0.15) is 0 Å². The normalized spacial score (nSPS) is 21.4. The first-order valence-electron chi connectivity index (χ1n) is 11.3. The summed E-state index contributed by atoms with van der Waals surface area (Å²) in [4.78, 5) is 0.195. The van der Waals surface area contributed by atoms with Crippen molar-refractivity contribution >= 4 is 34.0 Å². The van der Waals surface area contributed by atoms with Gasteiger partial charge in [0.15, 0.2) is 0 Å². The topological polar surface area (TPSA) is 108 Å². The van der Waals surface area contributed by atoms with Gasteiger partial charge in [0.25, 0.3) is 10.0 Å². The maximum Gasteiger partial charge on any atom is 0.488 e. The second kappa shape index (κ2) is 8.74. The highest BCUT2D eigenvalue weighted by Crippen LogP contribution is 2.50. The van der Waals surface area contributed by atoms with Crippen LogP contribution in [-0.4, -0.2) is 32.2 Å². The molecule has 0 saturated carbocycles. The van der Waals surface area contributed by atoms with Crippen LogP contribution >= 0.6 is 0 Å². The highest BCUT2D eigenvalue weighted by Gasteiger charge is 2.42. The molecule has 1 fully saturated rings. The zero-order chi connectivity index (χ0) is 24.0. The Balaban J connectivity index is 1.45. The van der Waals surface area contributed by atoms with E-state index in [2.05, 4.69) is 10.0 Å². The van der Waals surface area contributed by atoms with Crippen molar-refractivity contribution in [3.8, 4) is 0 Å². The summed E-state index contributed by atoms with van der Waals surface area (Å²) in [6.07, 6.45) is 0.616. The SMILES string of the molecule is Cc1ccc(NS(=O)(=O)c2ccc3c(c2)[C@H]2OCC[C@H]2C(c2ccc(B(O)O)cc2)N3)cc1C. The van der Waals surface area contributed by atoms with Gasteiger partial charge in [-0.05, 0) is 72.8 Å². The van der Waals surface area contributed by atoms with E-state index in [1.807, 2.05) is 38.1 Å². The Bertz CT molecular complexity index is 1330. The molecule has 34 heavy (non-hydrogen) atoms. The zero-order valence-electron chi connectivity index (χ0n) is 19.0. The fourth-order valence-electron chi connectivity index (χ4n) is 4.84. The third-order valence-corrected chi connectivity index (χ3v) is 8.25. The average Bonchev–Trinajstić information content (AvgIpc) is 3.31. The Morgan fingerprint density at radius 3 is 2.47 bits per heavy atom. The van der Waals surface area contributed by atoms with Gasteiger partial charge in [0.2, 0.25) is 0 Å². The van der Waals surface area contributed by atoms with Gasteiger partial charge in [0, 0.05) is 29.5 Å². The summed E-state index contributed by atoms with van der Waals surface area (Å²) in [5.41, 5.74) is 5.78. The van der Waals surface area contributed by atoms with Crippen LogP contribution in [0.15, 0.2) is 65.6 Å². The quantitative estimate of drug-likeness (QED) is 0.420. The second-order valence-corrected chi connectivity index (χ2v) is 10.7. The van der Waals surface area contributed by atoms with Gasteiger partial charge in [-0.3, -0.25) is 4.72 Å². The summed E-state index contributed by atoms with van der Waals surface area (Å²) in [5, 5.41) is 22.3. The Labute approximate surface area is 200 Å². The number of rotatable bonds is 5. The van der Waals surface area contributed by atoms with Crippen molar-refractivity contribution < 1.29 is 23.2 Å². The third kappa shape index (κ3) is 4.20. The Kier molecular flexibility index (Phi) is 5.89. The molecule has 176 valence electrons. The van der Waals surface area contributed by atoms with Crippen molar-refractivity contribution in [2.75, 3.05) is 16.6 Å².